The molecule has 0 aromatic rings. The van der Waals surface area contributed by atoms with Crippen LogP contribution in [0.4, 0.5) is 0 Å². The summed E-state index contributed by atoms with van der Waals surface area (Å²) in [5, 5.41) is 0. The largest absolute Gasteiger partial charge is 0.360 e. The molecule has 2 aliphatic rings. The number of carbonyl (C=O) groups excluding carboxylic acids is 1. The van der Waals surface area contributed by atoms with E-state index in [0.29, 0.717) is 0 Å². The van der Waals surface area contributed by atoms with Crippen LogP contribution >= 0.6 is 0 Å². The highest BCUT2D eigenvalue weighted by Crippen LogP contribution is 2.33. The van der Waals surface area contributed by atoms with Gasteiger partial charge in [0.2, 0.25) is 0 Å². The van der Waals surface area contributed by atoms with E-state index < -0.39 is 0 Å². The Morgan fingerprint density at radius 1 is 1.29 bits per heavy atom. The molecule has 122 valence electrons. The predicted octanol–water partition coefficient (Wildman–Crippen LogP) is 2.52. The summed E-state index contributed by atoms with van der Waals surface area (Å²) in [6.45, 7) is 13.7. The van der Waals surface area contributed by atoms with Gasteiger partial charge in [-0.3, -0.25) is 4.79 Å². The molecule has 21 heavy (non-hydrogen) atoms. The Labute approximate surface area is 129 Å². The summed E-state index contributed by atoms with van der Waals surface area (Å²) >= 11 is 0. The molecule has 0 aromatic heterocycles. The van der Waals surface area contributed by atoms with E-state index in [9.17, 15) is 4.79 Å². The van der Waals surface area contributed by atoms with Crippen LogP contribution in [0.5, 0.6) is 0 Å². The fourth-order valence-electron chi connectivity index (χ4n) is 3.51. The van der Waals surface area contributed by atoms with Gasteiger partial charge in [-0.25, -0.2) is 0 Å². The summed E-state index contributed by atoms with van der Waals surface area (Å²) in [4.78, 5) is 16.8. The molecule has 1 unspecified atom stereocenters. The van der Waals surface area contributed by atoms with Crippen molar-refractivity contribution < 1.29 is 9.53 Å². The first-order chi connectivity index (χ1) is 9.96. The molecular weight excluding hydrogens is 264 g/mol. The summed E-state index contributed by atoms with van der Waals surface area (Å²) in [7, 11) is 0. The minimum Gasteiger partial charge on any atom is -0.360 e. The zero-order chi connectivity index (χ0) is 15.5. The summed E-state index contributed by atoms with van der Waals surface area (Å²) in [5.41, 5.74) is -0.0865. The van der Waals surface area contributed by atoms with Gasteiger partial charge in [-0.2, -0.15) is 0 Å². The molecule has 2 aliphatic heterocycles. The molecule has 0 aliphatic carbocycles. The highest BCUT2D eigenvalue weighted by atomic mass is 16.5. The first-order valence-electron chi connectivity index (χ1n) is 8.65. The van der Waals surface area contributed by atoms with Gasteiger partial charge in [0.25, 0.3) is 5.91 Å². The highest BCUT2D eigenvalue weighted by Gasteiger charge is 2.44. The molecule has 0 N–H and O–H groups in total. The van der Waals surface area contributed by atoms with Crippen LogP contribution in [0.2, 0.25) is 0 Å². The number of rotatable bonds is 5. The van der Waals surface area contributed by atoms with Crippen LogP contribution in [0.3, 0.4) is 0 Å². The molecule has 2 saturated heterocycles. The lowest BCUT2D eigenvalue weighted by atomic mass is 9.88. The minimum absolute atomic E-state index is 0.0865. The molecule has 2 heterocycles. The summed E-state index contributed by atoms with van der Waals surface area (Å²) in [5.74, 6) is 0.939. The van der Waals surface area contributed by atoms with Crippen LogP contribution < -0.4 is 0 Å². The lowest BCUT2D eigenvalue weighted by molar-refractivity contribution is -0.189. The van der Waals surface area contributed by atoms with Gasteiger partial charge in [-0.1, -0.05) is 20.8 Å². The van der Waals surface area contributed by atoms with Crippen LogP contribution in [-0.4, -0.2) is 60.1 Å². The van der Waals surface area contributed by atoms with Crippen molar-refractivity contribution in [3.63, 3.8) is 0 Å². The first-order valence-corrected chi connectivity index (χ1v) is 8.65. The number of hydrogen-bond acceptors (Lipinski definition) is 3. The van der Waals surface area contributed by atoms with Crippen molar-refractivity contribution in [2.45, 2.75) is 65.1 Å². The van der Waals surface area contributed by atoms with Crippen molar-refractivity contribution in [3.05, 3.63) is 0 Å². The molecule has 1 spiro atoms. The zero-order valence-electron chi connectivity index (χ0n) is 14.2. The molecule has 1 atom stereocenters. The molecule has 2 fully saturated rings. The van der Waals surface area contributed by atoms with Crippen LogP contribution in [0, 0.1) is 5.92 Å². The van der Waals surface area contributed by atoms with E-state index in [1.54, 1.807) is 0 Å². The molecule has 0 aromatic carbocycles. The number of nitrogens with zero attached hydrogens (tertiary/aromatic N) is 2. The van der Waals surface area contributed by atoms with Gasteiger partial charge < -0.3 is 14.5 Å². The predicted molar refractivity (Wildman–Crippen MR) is 85.3 cm³/mol. The summed E-state index contributed by atoms with van der Waals surface area (Å²) in [6.07, 6.45) is 4.14. The van der Waals surface area contributed by atoms with E-state index in [0.717, 1.165) is 51.4 Å². The van der Waals surface area contributed by atoms with E-state index in [-0.39, 0.29) is 17.6 Å². The SMILES string of the molecule is CCCN1CC2(CCN(CCC(C)C)CC2)OC(C)C1=O. The van der Waals surface area contributed by atoms with Crippen molar-refractivity contribution in [1.29, 1.82) is 0 Å². The second-order valence-corrected chi connectivity index (χ2v) is 7.23. The third kappa shape index (κ3) is 4.19. The monoisotopic (exact) mass is 296 g/mol. The van der Waals surface area contributed by atoms with Crippen molar-refractivity contribution in [2.24, 2.45) is 5.92 Å². The fraction of sp³-hybridized carbons (Fsp3) is 0.941. The number of piperidine rings is 1. The van der Waals surface area contributed by atoms with Crippen LogP contribution in [0.15, 0.2) is 0 Å². The number of ether oxygens (including phenoxy) is 1. The molecule has 1 amide bonds. The lowest BCUT2D eigenvalue weighted by Gasteiger charge is -2.49. The fourth-order valence-corrected chi connectivity index (χ4v) is 3.51. The second kappa shape index (κ2) is 7.10. The average molecular weight is 296 g/mol. The van der Waals surface area contributed by atoms with E-state index in [2.05, 4.69) is 25.7 Å². The molecule has 2 rings (SSSR count). The maximum Gasteiger partial charge on any atom is 0.251 e. The van der Waals surface area contributed by atoms with E-state index >= 15 is 0 Å². The van der Waals surface area contributed by atoms with Gasteiger partial charge in [0.15, 0.2) is 0 Å². The van der Waals surface area contributed by atoms with Gasteiger partial charge in [0, 0.05) is 26.2 Å². The topological polar surface area (TPSA) is 32.8 Å². The normalized spacial score (nSPS) is 26.8. The number of likely N-dealkylation sites (tertiary alicyclic amines) is 1. The minimum atomic E-state index is -0.271. The first kappa shape index (κ1) is 16.8. The number of morpholine rings is 1. The summed E-state index contributed by atoms with van der Waals surface area (Å²) in [6, 6.07) is 0. The van der Waals surface area contributed by atoms with Crippen molar-refractivity contribution in [3.8, 4) is 0 Å². The third-order valence-electron chi connectivity index (χ3n) is 4.85. The van der Waals surface area contributed by atoms with Gasteiger partial charge in [0.1, 0.15) is 6.10 Å². The van der Waals surface area contributed by atoms with Gasteiger partial charge in [-0.15, -0.1) is 0 Å². The molecular formula is C17H32N2O2. The molecule has 0 saturated carbocycles. The average Bonchev–Trinajstić information content (AvgIpc) is 2.44. The molecule has 0 radical (unpaired) electrons. The molecule has 4 nitrogen and oxygen atoms in total. The maximum absolute atomic E-state index is 12.2. The van der Waals surface area contributed by atoms with Crippen LogP contribution in [0.1, 0.15) is 53.4 Å². The Balaban J connectivity index is 1.90. The third-order valence-corrected chi connectivity index (χ3v) is 4.85. The summed E-state index contributed by atoms with van der Waals surface area (Å²) < 4.78 is 6.16. The number of carbonyl (C=O) groups is 1. The molecule has 4 heteroatoms. The Kier molecular flexibility index (Phi) is 5.67. The number of amides is 1. The van der Waals surface area contributed by atoms with E-state index in [1.807, 2.05) is 11.8 Å². The smallest absolute Gasteiger partial charge is 0.251 e. The van der Waals surface area contributed by atoms with E-state index in [1.165, 1.54) is 13.0 Å². The van der Waals surface area contributed by atoms with Crippen LogP contribution in [-0.2, 0) is 9.53 Å². The van der Waals surface area contributed by atoms with E-state index in [4.69, 9.17) is 4.74 Å². The van der Waals surface area contributed by atoms with Crippen molar-refractivity contribution in [2.75, 3.05) is 32.7 Å². The van der Waals surface area contributed by atoms with Gasteiger partial charge >= 0.3 is 0 Å². The Morgan fingerprint density at radius 3 is 2.52 bits per heavy atom. The van der Waals surface area contributed by atoms with Gasteiger partial charge in [0.05, 0.1) is 5.60 Å². The Hall–Kier alpha value is -0.610. The van der Waals surface area contributed by atoms with Crippen molar-refractivity contribution >= 4 is 5.91 Å². The Bertz CT molecular complexity index is 349. The zero-order valence-corrected chi connectivity index (χ0v) is 14.2. The Morgan fingerprint density at radius 2 is 1.95 bits per heavy atom. The lowest BCUT2D eigenvalue weighted by Crippen LogP contribution is -2.61. The highest BCUT2D eigenvalue weighted by molar-refractivity contribution is 5.81. The van der Waals surface area contributed by atoms with Crippen LogP contribution in [0.25, 0.3) is 0 Å². The van der Waals surface area contributed by atoms with Crippen molar-refractivity contribution in [1.82, 2.24) is 9.80 Å². The standard InChI is InChI=1S/C17H32N2O2/c1-5-9-19-13-17(21-15(4)16(19)20)7-11-18(12-8-17)10-6-14(2)3/h14-15H,5-13H2,1-4H3. The maximum atomic E-state index is 12.2. The quantitative estimate of drug-likeness (QED) is 0.781. The van der Waals surface area contributed by atoms with Gasteiger partial charge in [-0.05, 0) is 45.1 Å². The molecule has 0 bridgehead atoms. The number of hydrogen-bond donors (Lipinski definition) is 0. The second-order valence-electron chi connectivity index (χ2n) is 7.23.